The molecule has 0 fully saturated rings. The summed E-state index contributed by atoms with van der Waals surface area (Å²) in [5.74, 6) is -0.0467. The second kappa shape index (κ2) is 2.35. The first-order valence-corrected chi connectivity index (χ1v) is 2.69. The van der Waals surface area contributed by atoms with Crippen LogP contribution in [0.1, 0.15) is 6.92 Å². The fourth-order valence-electron chi connectivity index (χ4n) is 0.605. The Morgan fingerprint density at radius 2 is 2.56 bits per heavy atom. The molecular formula is C6H8N2O. The van der Waals surface area contributed by atoms with Crippen molar-refractivity contribution in [2.45, 2.75) is 6.92 Å². The van der Waals surface area contributed by atoms with Gasteiger partial charge in [0, 0.05) is 19.3 Å². The molecule has 9 heavy (non-hydrogen) atoms. The van der Waals surface area contributed by atoms with Crippen molar-refractivity contribution in [2.24, 2.45) is 0 Å². The standard InChI is InChI=1S/C6H8N2O/c1-5(9)8-6-2-3-7-4-6/h2-4,7H,1H3,(H,8,9). The van der Waals surface area contributed by atoms with E-state index in [2.05, 4.69) is 10.3 Å². The van der Waals surface area contributed by atoms with Crippen molar-refractivity contribution in [3.8, 4) is 0 Å². The van der Waals surface area contributed by atoms with E-state index >= 15 is 0 Å². The van der Waals surface area contributed by atoms with Crippen LogP contribution in [0.15, 0.2) is 18.5 Å². The van der Waals surface area contributed by atoms with Gasteiger partial charge in [-0.25, -0.2) is 0 Å². The van der Waals surface area contributed by atoms with E-state index in [1.54, 1.807) is 18.5 Å². The molecule has 48 valence electrons. The zero-order valence-corrected chi connectivity index (χ0v) is 5.14. The third-order valence-corrected chi connectivity index (χ3v) is 0.918. The number of aromatic amines is 1. The van der Waals surface area contributed by atoms with Gasteiger partial charge >= 0.3 is 0 Å². The van der Waals surface area contributed by atoms with Gasteiger partial charge in [0.15, 0.2) is 0 Å². The highest BCUT2D eigenvalue weighted by Gasteiger charge is 1.91. The van der Waals surface area contributed by atoms with Crippen molar-refractivity contribution in [3.05, 3.63) is 18.5 Å². The van der Waals surface area contributed by atoms with Gasteiger partial charge in [-0.15, -0.1) is 0 Å². The minimum atomic E-state index is -0.0467. The molecule has 0 aliphatic carbocycles. The molecule has 1 aromatic heterocycles. The van der Waals surface area contributed by atoms with Gasteiger partial charge < -0.3 is 10.3 Å². The van der Waals surface area contributed by atoms with Crippen molar-refractivity contribution in [1.29, 1.82) is 0 Å². The average Bonchev–Trinajstić information content (AvgIpc) is 2.15. The summed E-state index contributed by atoms with van der Waals surface area (Å²) in [6, 6.07) is 1.79. The van der Waals surface area contributed by atoms with Gasteiger partial charge in [-0.1, -0.05) is 0 Å². The predicted octanol–water partition coefficient (Wildman–Crippen LogP) is 0.973. The zero-order chi connectivity index (χ0) is 6.69. The van der Waals surface area contributed by atoms with Crippen molar-refractivity contribution >= 4 is 11.6 Å². The summed E-state index contributed by atoms with van der Waals surface area (Å²) in [5.41, 5.74) is 0.808. The lowest BCUT2D eigenvalue weighted by Crippen LogP contribution is -2.04. The Morgan fingerprint density at radius 1 is 1.78 bits per heavy atom. The minimum absolute atomic E-state index is 0.0467. The quantitative estimate of drug-likeness (QED) is 0.575. The van der Waals surface area contributed by atoms with E-state index in [1.807, 2.05) is 0 Å². The highest BCUT2D eigenvalue weighted by atomic mass is 16.1. The molecule has 1 rings (SSSR count). The van der Waals surface area contributed by atoms with Gasteiger partial charge in [-0.05, 0) is 6.07 Å². The summed E-state index contributed by atoms with van der Waals surface area (Å²) in [4.78, 5) is 13.2. The van der Waals surface area contributed by atoms with Crippen LogP contribution in [0.2, 0.25) is 0 Å². The van der Waals surface area contributed by atoms with E-state index < -0.39 is 0 Å². The maximum absolute atomic E-state index is 10.4. The molecule has 0 radical (unpaired) electrons. The molecule has 3 heteroatoms. The number of nitrogens with one attached hydrogen (secondary N) is 2. The number of rotatable bonds is 1. The molecule has 0 saturated heterocycles. The Labute approximate surface area is 53.1 Å². The first kappa shape index (κ1) is 5.88. The molecule has 0 unspecified atom stereocenters. The summed E-state index contributed by atoms with van der Waals surface area (Å²) in [5, 5.41) is 2.61. The molecule has 1 aromatic rings. The summed E-state index contributed by atoms with van der Waals surface area (Å²) < 4.78 is 0. The van der Waals surface area contributed by atoms with Gasteiger partial charge in [-0.2, -0.15) is 0 Å². The zero-order valence-electron chi connectivity index (χ0n) is 5.14. The summed E-state index contributed by atoms with van der Waals surface area (Å²) in [6.45, 7) is 1.48. The first-order chi connectivity index (χ1) is 4.29. The molecule has 1 heterocycles. The van der Waals surface area contributed by atoms with Crippen molar-refractivity contribution in [1.82, 2.24) is 4.98 Å². The lowest BCUT2D eigenvalue weighted by molar-refractivity contribution is -0.114. The average molecular weight is 124 g/mol. The Balaban J connectivity index is 2.58. The number of H-pyrrole nitrogens is 1. The van der Waals surface area contributed by atoms with Crippen molar-refractivity contribution < 1.29 is 4.79 Å². The van der Waals surface area contributed by atoms with Crippen LogP contribution in [-0.4, -0.2) is 10.9 Å². The van der Waals surface area contributed by atoms with E-state index in [9.17, 15) is 4.79 Å². The molecule has 3 nitrogen and oxygen atoms in total. The van der Waals surface area contributed by atoms with Crippen molar-refractivity contribution in [2.75, 3.05) is 5.32 Å². The maximum Gasteiger partial charge on any atom is 0.221 e. The third-order valence-electron chi connectivity index (χ3n) is 0.918. The Kier molecular flexibility index (Phi) is 1.53. The van der Waals surface area contributed by atoms with Crippen LogP contribution in [0.5, 0.6) is 0 Å². The third kappa shape index (κ3) is 1.60. The Bertz CT molecular complexity index is 191. The largest absolute Gasteiger partial charge is 0.366 e. The second-order valence-corrected chi connectivity index (χ2v) is 1.78. The molecule has 0 aliphatic heterocycles. The molecule has 0 atom stereocenters. The van der Waals surface area contributed by atoms with Gasteiger partial charge in [0.25, 0.3) is 0 Å². The molecule has 0 bridgehead atoms. The number of amides is 1. The molecule has 0 aromatic carbocycles. The number of aromatic nitrogens is 1. The number of carbonyl (C=O) groups excluding carboxylic acids is 1. The first-order valence-electron chi connectivity index (χ1n) is 2.69. The van der Waals surface area contributed by atoms with Crippen LogP contribution in [-0.2, 0) is 4.79 Å². The second-order valence-electron chi connectivity index (χ2n) is 1.78. The summed E-state index contributed by atoms with van der Waals surface area (Å²) in [6.07, 6.45) is 3.48. The van der Waals surface area contributed by atoms with E-state index in [1.165, 1.54) is 6.92 Å². The Morgan fingerprint density at radius 3 is 3.00 bits per heavy atom. The van der Waals surface area contributed by atoms with E-state index in [0.29, 0.717) is 0 Å². The van der Waals surface area contributed by atoms with Crippen LogP contribution >= 0.6 is 0 Å². The molecule has 0 spiro atoms. The predicted molar refractivity (Wildman–Crippen MR) is 35.1 cm³/mol. The van der Waals surface area contributed by atoms with Crippen LogP contribution in [0.3, 0.4) is 0 Å². The van der Waals surface area contributed by atoms with Crippen molar-refractivity contribution in [3.63, 3.8) is 0 Å². The van der Waals surface area contributed by atoms with Crippen LogP contribution in [0.25, 0.3) is 0 Å². The fraction of sp³-hybridized carbons (Fsp3) is 0.167. The normalized spacial score (nSPS) is 9.00. The highest BCUT2D eigenvalue weighted by molar-refractivity contribution is 5.88. The minimum Gasteiger partial charge on any atom is -0.366 e. The van der Waals surface area contributed by atoms with Crippen LogP contribution in [0, 0.1) is 0 Å². The summed E-state index contributed by atoms with van der Waals surface area (Å²) >= 11 is 0. The van der Waals surface area contributed by atoms with Gasteiger partial charge in [0.1, 0.15) is 0 Å². The van der Waals surface area contributed by atoms with E-state index in [-0.39, 0.29) is 5.91 Å². The maximum atomic E-state index is 10.4. The number of anilines is 1. The van der Waals surface area contributed by atoms with Crippen LogP contribution < -0.4 is 5.32 Å². The topological polar surface area (TPSA) is 44.9 Å². The lowest BCUT2D eigenvalue weighted by atomic mass is 10.5. The summed E-state index contributed by atoms with van der Waals surface area (Å²) in [7, 11) is 0. The Hall–Kier alpha value is -1.25. The molecule has 0 aliphatic rings. The van der Waals surface area contributed by atoms with Gasteiger partial charge in [0.05, 0.1) is 5.69 Å². The lowest BCUT2D eigenvalue weighted by Gasteiger charge is -1.92. The SMILES string of the molecule is CC(=O)Nc1cc[nH]c1. The molecular weight excluding hydrogens is 116 g/mol. The number of hydrogen-bond donors (Lipinski definition) is 2. The van der Waals surface area contributed by atoms with E-state index in [4.69, 9.17) is 0 Å². The monoisotopic (exact) mass is 124 g/mol. The molecule has 2 N–H and O–H groups in total. The highest BCUT2D eigenvalue weighted by Crippen LogP contribution is 2.01. The number of carbonyl (C=O) groups is 1. The van der Waals surface area contributed by atoms with E-state index in [0.717, 1.165) is 5.69 Å². The number of hydrogen-bond acceptors (Lipinski definition) is 1. The molecule has 0 saturated carbocycles. The molecule has 1 amide bonds. The van der Waals surface area contributed by atoms with Gasteiger partial charge in [0.2, 0.25) is 5.91 Å². The van der Waals surface area contributed by atoms with Gasteiger partial charge in [-0.3, -0.25) is 4.79 Å². The van der Waals surface area contributed by atoms with Crippen LogP contribution in [0.4, 0.5) is 5.69 Å². The fourth-order valence-corrected chi connectivity index (χ4v) is 0.605. The smallest absolute Gasteiger partial charge is 0.221 e.